The third-order valence-corrected chi connectivity index (χ3v) is 3.96. The first-order valence-electron chi connectivity index (χ1n) is 7.18. The molecule has 0 aromatic heterocycles. The number of carboxylic acids is 1. The second-order valence-electron chi connectivity index (χ2n) is 5.32. The first-order chi connectivity index (χ1) is 11.7. The fourth-order valence-electron chi connectivity index (χ4n) is 2.10. The van der Waals surface area contributed by atoms with E-state index in [1.807, 2.05) is 18.4 Å². The Hall–Kier alpha value is -2.19. The quantitative estimate of drug-likeness (QED) is 0.763. The number of alkyl halides is 3. The highest BCUT2D eigenvalue weighted by Crippen LogP contribution is 2.37. The number of ether oxygens (including phenoxy) is 1. The average Bonchev–Trinajstić information content (AvgIpc) is 2.52. The van der Waals surface area contributed by atoms with Crippen molar-refractivity contribution in [1.82, 2.24) is 4.31 Å². The van der Waals surface area contributed by atoms with E-state index in [0.717, 1.165) is 23.1 Å². The van der Waals surface area contributed by atoms with Crippen LogP contribution in [0, 0.1) is 0 Å². The van der Waals surface area contributed by atoms with Crippen LogP contribution in [-0.4, -0.2) is 36.1 Å². The van der Waals surface area contributed by atoms with Gasteiger partial charge < -0.3 is 9.84 Å². The van der Waals surface area contributed by atoms with Gasteiger partial charge in [-0.25, -0.2) is 4.79 Å². The lowest BCUT2D eigenvalue weighted by Gasteiger charge is -2.15. The maximum atomic E-state index is 13.0. The summed E-state index contributed by atoms with van der Waals surface area (Å²) in [5.74, 6) is -1.12. The topological polar surface area (TPSA) is 49.8 Å². The van der Waals surface area contributed by atoms with Crippen LogP contribution in [0.4, 0.5) is 13.2 Å². The van der Waals surface area contributed by atoms with Gasteiger partial charge in [0.15, 0.2) is 6.61 Å². The molecule has 0 bridgehead atoms. The van der Waals surface area contributed by atoms with Crippen LogP contribution in [0.5, 0.6) is 5.75 Å². The van der Waals surface area contributed by atoms with Crippen LogP contribution >= 0.6 is 11.9 Å². The third kappa shape index (κ3) is 5.40. The molecule has 0 heterocycles. The molecule has 0 unspecified atom stereocenters. The van der Waals surface area contributed by atoms with E-state index in [0.29, 0.717) is 5.56 Å². The first-order valence-corrected chi connectivity index (χ1v) is 7.95. The molecule has 0 aliphatic heterocycles. The molecule has 0 amide bonds. The van der Waals surface area contributed by atoms with Crippen molar-refractivity contribution >= 4 is 17.9 Å². The molecule has 0 fully saturated rings. The lowest BCUT2D eigenvalue weighted by atomic mass is 10.0. The molecule has 8 heteroatoms. The summed E-state index contributed by atoms with van der Waals surface area (Å²) < 4.78 is 46.0. The number of carboxylic acid groups (broad SMARTS) is 1. The summed E-state index contributed by atoms with van der Waals surface area (Å²) in [6.45, 7) is -0.632. The molecule has 2 rings (SSSR count). The summed E-state index contributed by atoms with van der Waals surface area (Å²) >= 11 is 1.47. The molecule has 0 radical (unpaired) electrons. The Morgan fingerprint density at radius 2 is 1.80 bits per heavy atom. The molecule has 0 saturated carbocycles. The number of aliphatic carboxylic acids is 1. The Balaban J connectivity index is 2.42. The number of rotatable bonds is 6. The smallest absolute Gasteiger partial charge is 0.416 e. The SMILES string of the molecule is CN(C)Sc1ccc(-c2cc(C(F)(F)F)ccc2OCC(=O)O)cc1. The maximum absolute atomic E-state index is 13.0. The molecule has 1 N–H and O–H groups in total. The van der Waals surface area contributed by atoms with E-state index in [9.17, 15) is 18.0 Å². The third-order valence-electron chi connectivity index (χ3n) is 3.11. The molecule has 0 aliphatic rings. The Morgan fingerprint density at radius 1 is 1.16 bits per heavy atom. The van der Waals surface area contributed by atoms with E-state index in [1.54, 1.807) is 24.3 Å². The molecule has 2 aromatic carbocycles. The predicted octanol–water partition coefficient (Wildman–Crippen LogP) is 4.40. The van der Waals surface area contributed by atoms with Gasteiger partial charge in [0, 0.05) is 10.5 Å². The normalized spacial score (nSPS) is 11.6. The summed E-state index contributed by atoms with van der Waals surface area (Å²) in [6, 6.07) is 9.89. The van der Waals surface area contributed by atoms with Gasteiger partial charge in [-0.2, -0.15) is 13.2 Å². The molecule has 0 spiro atoms. The minimum atomic E-state index is -4.50. The number of benzene rings is 2. The van der Waals surface area contributed by atoms with Crippen LogP contribution in [-0.2, 0) is 11.0 Å². The van der Waals surface area contributed by atoms with Crippen molar-refractivity contribution in [2.75, 3.05) is 20.7 Å². The largest absolute Gasteiger partial charge is 0.481 e. The van der Waals surface area contributed by atoms with Crippen molar-refractivity contribution in [1.29, 1.82) is 0 Å². The van der Waals surface area contributed by atoms with Crippen LogP contribution in [0.2, 0.25) is 0 Å². The summed E-state index contributed by atoms with van der Waals surface area (Å²) in [4.78, 5) is 11.6. The van der Waals surface area contributed by atoms with Crippen molar-refractivity contribution in [3.63, 3.8) is 0 Å². The Labute approximate surface area is 147 Å². The maximum Gasteiger partial charge on any atom is 0.416 e. The summed E-state index contributed by atoms with van der Waals surface area (Å²) in [5, 5.41) is 8.73. The molecular formula is C17H16F3NO3S. The molecule has 2 aromatic rings. The minimum absolute atomic E-state index is 0.0865. The molecule has 0 atom stereocenters. The van der Waals surface area contributed by atoms with Crippen LogP contribution in [0.1, 0.15) is 5.56 Å². The fourth-order valence-corrected chi connectivity index (χ4v) is 2.78. The van der Waals surface area contributed by atoms with Crippen molar-refractivity contribution in [2.45, 2.75) is 11.1 Å². The lowest BCUT2D eigenvalue weighted by molar-refractivity contribution is -0.140. The van der Waals surface area contributed by atoms with E-state index in [1.165, 1.54) is 11.9 Å². The van der Waals surface area contributed by atoms with Crippen LogP contribution in [0.25, 0.3) is 11.1 Å². The van der Waals surface area contributed by atoms with Crippen LogP contribution in [0.3, 0.4) is 0 Å². The van der Waals surface area contributed by atoms with Crippen molar-refractivity contribution in [2.24, 2.45) is 0 Å². The highest BCUT2D eigenvalue weighted by molar-refractivity contribution is 7.97. The van der Waals surface area contributed by atoms with E-state index in [4.69, 9.17) is 9.84 Å². The highest BCUT2D eigenvalue weighted by Gasteiger charge is 2.31. The van der Waals surface area contributed by atoms with Crippen LogP contribution < -0.4 is 4.74 Å². The molecule has 25 heavy (non-hydrogen) atoms. The van der Waals surface area contributed by atoms with Gasteiger partial charge in [0.1, 0.15) is 5.75 Å². The van der Waals surface area contributed by atoms with Crippen molar-refractivity contribution in [3.8, 4) is 16.9 Å². The van der Waals surface area contributed by atoms with Crippen molar-refractivity contribution < 1.29 is 27.8 Å². The van der Waals surface area contributed by atoms with Gasteiger partial charge in [-0.1, -0.05) is 12.1 Å². The number of hydrogen-bond donors (Lipinski definition) is 1. The minimum Gasteiger partial charge on any atom is -0.481 e. The van der Waals surface area contributed by atoms with E-state index in [2.05, 4.69) is 0 Å². The average molecular weight is 371 g/mol. The zero-order valence-electron chi connectivity index (χ0n) is 13.5. The van der Waals surface area contributed by atoms with Gasteiger partial charge in [-0.3, -0.25) is 4.31 Å². The summed E-state index contributed by atoms with van der Waals surface area (Å²) in [6.07, 6.45) is -4.50. The second kappa shape index (κ2) is 7.79. The Bertz CT molecular complexity index is 746. The van der Waals surface area contributed by atoms with Gasteiger partial charge in [0.25, 0.3) is 0 Å². The monoisotopic (exact) mass is 371 g/mol. The molecular weight excluding hydrogens is 355 g/mol. The number of halogens is 3. The van der Waals surface area contributed by atoms with E-state index >= 15 is 0 Å². The van der Waals surface area contributed by atoms with E-state index < -0.39 is 24.3 Å². The number of hydrogen-bond acceptors (Lipinski definition) is 4. The lowest BCUT2D eigenvalue weighted by Crippen LogP contribution is -2.11. The van der Waals surface area contributed by atoms with Gasteiger partial charge >= 0.3 is 12.1 Å². The summed E-state index contributed by atoms with van der Waals surface area (Å²) in [5.41, 5.74) is -0.121. The van der Waals surface area contributed by atoms with Gasteiger partial charge in [0.05, 0.1) is 5.56 Å². The van der Waals surface area contributed by atoms with Crippen LogP contribution in [0.15, 0.2) is 47.4 Å². The number of carbonyl (C=O) groups is 1. The van der Waals surface area contributed by atoms with Gasteiger partial charge in [0.2, 0.25) is 0 Å². The highest BCUT2D eigenvalue weighted by atomic mass is 32.2. The van der Waals surface area contributed by atoms with E-state index in [-0.39, 0.29) is 11.3 Å². The fraction of sp³-hybridized carbons (Fsp3) is 0.235. The predicted molar refractivity (Wildman–Crippen MR) is 89.6 cm³/mol. The van der Waals surface area contributed by atoms with Gasteiger partial charge in [-0.05, 0) is 61.9 Å². The Morgan fingerprint density at radius 3 is 2.32 bits per heavy atom. The molecule has 0 saturated heterocycles. The van der Waals surface area contributed by atoms with Gasteiger partial charge in [-0.15, -0.1) is 0 Å². The second-order valence-corrected chi connectivity index (χ2v) is 6.70. The standard InChI is InChI=1S/C17H16F3NO3S/c1-21(2)25-13-6-3-11(4-7-13)14-9-12(17(18,19)20)5-8-15(14)24-10-16(22)23/h3-9H,10H2,1-2H3,(H,22,23). The number of nitrogens with zero attached hydrogens (tertiary/aromatic N) is 1. The zero-order valence-corrected chi connectivity index (χ0v) is 14.3. The first kappa shape index (κ1) is 19.1. The van der Waals surface area contributed by atoms with Crippen molar-refractivity contribution in [3.05, 3.63) is 48.0 Å². The molecule has 134 valence electrons. The zero-order chi connectivity index (χ0) is 18.6. The summed E-state index contributed by atoms with van der Waals surface area (Å²) in [7, 11) is 3.76. The molecule has 0 aliphatic carbocycles. The molecule has 4 nitrogen and oxygen atoms in total. The Kier molecular flexibility index (Phi) is 5.97.